The molecule has 7 nitrogen and oxygen atoms in total. The van der Waals surface area contributed by atoms with Crippen molar-refractivity contribution in [1.82, 2.24) is 15.0 Å². The predicted molar refractivity (Wildman–Crippen MR) is 166 cm³/mol. The lowest BCUT2D eigenvalue weighted by molar-refractivity contribution is 0.0944. The molecular formula is C30H42N6OS2. The molecule has 4 rings (SSSR count). The number of hydrazone groups is 1. The standard InChI is InChI=1S/C30H42N6OS2/c1-29(2,3)36-39-24-16-15-22(20-13-9-10-14-21(20)24)25-23(17-19-11-7-6-8-12-19)34-27(38-25)26(37)33-18-30(4,5)28(31)35-32/h9-10,13-16,19,36H,6-8,11-12,17-18,32H2,1-5H3,(H2,31,35)(H,33,37). The molecule has 0 unspecified atom stereocenters. The Morgan fingerprint density at radius 3 is 2.44 bits per heavy atom. The average molecular weight is 567 g/mol. The number of amidine groups is 1. The monoisotopic (exact) mass is 566 g/mol. The van der Waals surface area contributed by atoms with Gasteiger partial charge in [-0.25, -0.2) is 4.98 Å². The van der Waals surface area contributed by atoms with Crippen LogP contribution >= 0.6 is 23.3 Å². The summed E-state index contributed by atoms with van der Waals surface area (Å²) in [6.07, 6.45) is 7.19. The highest BCUT2D eigenvalue weighted by molar-refractivity contribution is 7.97. The number of carbonyl (C=O) groups excluding carboxylic acids is 1. The van der Waals surface area contributed by atoms with E-state index < -0.39 is 5.41 Å². The second-order valence-electron chi connectivity index (χ2n) is 12.2. The number of hydrogen-bond acceptors (Lipinski definition) is 7. The number of nitrogens with one attached hydrogen (secondary N) is 2. The van der Waals surface area contributed by atoms with Crippen LogP contribution in [-0.4, -0.2) is 28.8 Å². The van der Waals surface area contributed by atoms with Crippen LogP contribution in [0.25, 0.3) is 21.2 Å². The SMILES string of the molecule is CC(C)(C)NSc1ccc(-c2sc(C(=O)NCC(C)(C)/C(N)=N/N)nc2CC2CCCCC2)c2ccccc12. The normalized spacial score (nSPS) is 15.6. The van der Waals surface area contributed by atoms with Crippen molar-refractivity contribution >= 4 is 45.8 Å². The smallest absolute Gasteiger partial charge is 0.280 e. The van der Waals surface area contributed by atoms with Crippen LogP contribution in [-0.2, 0) is 6.42 Å². The van der Waals surface area contributed by atoms with E-state index in [0.29, 0.717) is 23.3 Å². The van der Waals surface area contributed by atoms with Crippen molar-refractivity contribution < 1.29 is 4.79 Å². The van der Waals surface area contributed by atoms with Crippen LogP contribution in [0.2, 0.25) is 0 Å². The highest BCUT2D eigenvalue weighted by Gasteiger charge is 2.27. The minimum atomic E-state index is -0.555. The number of nitrogens with zero attached hydrogens (tertiary/aromatic N) is 2. The Morgan fingerprint density at radius 2 is 1.77 bits per heavy atom. The quantitative estimate of drug-likeness (QED) is 0.0775. The van der Waals surface area contributed by atoms with Crippen LogP contribution in [0.15, 0.2) is 46.4 Å². The summed E-state index contributed by atoms with van der Waals surface area (Å²) in [6, 6.07) is 12.9. The van der Waals surface area contributed by atoms with Crippen LogP contribution in [0.3, 0.4) is 0 Å². The fraction of sp³-hybridized carbons (Fsp3) is 0.500. The third-order valence-electron chi connectivity index (χ3n) is 7.22. The van der Waals surface area contributed by atoms with Crippen LogP contribution in [0.4, 0.5) is 0 Å². The Hall–Kier alpha value is -2.62. The van der Waals surface area contributed by atoms with E-state index in [1.165, 1.54) is 59.1 Å². The first-order chi connectivity index (χ1) is 18.5. The fourth-order valence-electron chi connectivity index (χ4n) is 4.87. The average Bonchev–Trinajstić information content (AvgIpc) is 3.33. The molecule has 0 aliphatic heterocycles. The molecule has 6 N–H and O–H groups in total. The van der Waals surface area contributed by atoms with E-state index in [4.69, 9.17) is 16.6 Å². The molecule has 0 spiro atoms. The number of nitrogens with two attached hydrogens (primary N) is 2. The van der Waals surface area contributed by atoms with E-state index in [1.54, 1.807) is 11.9 Å². The highest BCUT2D eigenvalue weighted by atomic mass is 32.2. The van der Waals surface area contributed by atoms with Gasteiger partial charge < -0.3 is 16.9 Å². The molecule has 1 aliphatic carbocycles. The first-order valence-electron chi connectivity index (χ1n) is 13.8. The Labute approximate surface area is 240 Å². The van der Waals surface area contributed by atoms with Crippen LogP contribution < -0.4 is 21.6 Å². The van der Waals surface area contributed by atoms with Gasteiger partial charge >= 0.3 is 0 Å². The Kier molecular flexibility index (Phi) is 9.24. The molecule has 1 amide bonds. The number of carbonyl (C=O) groups is 1. The van der Waals surface area contributed by atoms with Gasteiger partial charge in [-0.05, 0) is 61.9 Å². The van der Waals surface area contributed by atoms with Crippen molar-refractivity contribution in [3.8, 4) is 10.4 Å². The number of hydrogen-bond donors (Lipinski definition) is 4. The lowest BCUT2D eigenvalue weighted by Crippen LogP contribution is -2.43. The van der Waals surface area contributed by atoms with Crippen LogP contribution in [0.1, 0.15) is 82.2 Å². The van der Waals surface area contributed by atoms with Crippen molar-refractivity contribution in [3.05, 3.63) is 47.1 Å². The first kappa shape index (κ1) is 29.4. The summed E-state index contributed by atoms with van der Waals surface area (Å²) >= 11 is 3.14. The molecule has 210 valence electrons. The summed E-state index contributed by atoms with van der Waals surface area (Å²) in [5.41, 5.74) is 7.54. The third kappa shape index (κ3) is 7.32. The molecule has 1 aliphatic rings. The van der Waals surface area contributed by atoms with Crippen molar-refractivity contribution in [2.45, 2.75) is 83.6 Å². The molecular weight excluding hydrogens is 525 g/mol. The number of rotatable bonds is 9. The van der Waals surface area contributed by atoms with Crippen LogP contribution in [0, 0.1) is 11.3 Å². The van der Waals surface area contributed by atoms with Gasteiger partial charge in [0.2, 0.25) is 0 Å². The Balaban J connectivity index is 1.71. The van der Waals surface area contributed by atoms with Crippen molar-refractivity contribution in [2.24, 2.45) is 28.0 Å². The molecule has 1 saturated carbocycles. The maximum Gasteiger partial charge on any atom is 0.280 e. The Morgan fingerprint density at radius 1 is 1.08 bits per heavy atom. The molecule has 1 heterocycles. The highest BCUT2D eigenvalue weighted by Crippen LogP contribution is 2.40. The zero-order chi connectivity index (χ0) is 28.2. The van der Waals surface area contributed by atoms with E-state index in [2.05, 4.69) is 72.3 Å². The largest absolute Gasteiger partial charge is 0.385 e. The molecule has 39 heavy (non-hydrogen) atoms. The second-order valence-corrected chi connectivity index (χ2v) is 14.0. The fourth-order valence-corrected chi connectivity index (χ4v) is 6.76. The van der Waals surface area contributed by atoms with Gasteiger partial charge in [-0.1, -0.05) is 76.3 Å². The predicted octanol–water partition coefficient (Wildman–Crippen LogP) is 6.47. The van der Waals surface area contributed by atoms with Crippen molar-refractivity contribution in [1.29, 1.82) is 0 Å². The van der Waals surface area contributed by atoms with Crippen LogP contribution in [0.5, 0.6) is 0 Å². The van der Waals surface area contributed by atoms with Gasteiger partial charge in [0, 0.05) is 28.0 Å². The van der Waals surface area contributed by atoms with Gasteiger partial charge in [0.1, 0.15) is 5.84 Å². The topological polar surface area (TPSA) is 118 Å². The summed E-state index contributed by atoms with van der Waals surface area (Å²) in [5.74, 6) is 6.09. The molecule has 1 aromatic heterocycles. The molecule has 0 bridgehead atoms. The molecule has 9 heteroatoms. The molecule has 0 radical (unpaired) electrons. The zero-order valence-electron chi connectivity index (χ0n) is 23.8. The van der Waals surface area contributed by atoms with E-state index in [1.807, 2.05) is 13.8 Å². The van der Waals surface area contributed by atoms with E-state index in [9.17, 15) is 4.79 Å². The molecule has 1 fully saturated rings. The molecule has 0 saturated heterocycles. The second kappa shape index (κ2) is 12.3. The van der Waals surface area contributed by atoms with Gasteiger partial charge in [-0.15, -0.1) is 11.3 Å². The molecule has 2 aromatic carbocycles. The van der Waals surface area contributed by atoms with Gasteiger partial charge in [-0.3, -0.25) is 9.52 Å². The Bertz CT molecular complexity index is 1330. The van der Waals surface area contributed by atoms with Gasteiger partial charge in [0.05, 0.1) is 10.6 Å². The molecule has 0 atom stereocenters. The van der Waals surface area contributed by atoms with Gasteiger partial charge in [0.25, 0.3) is 5.91 Å². The van der Waals surface area contributed by atoms with Gasteiger partial charge in [-0.2, -0.15) is 5.10 Å². The summed E-state index contributed by atoms with van der Waals surface area (Å²) < 4.78 is 3.54. The van der Waals surface area contributed by atoms with Crippen molar-refractivity contribution in [3.63, 3.8) is 0 Å². The minimum absolute atomic E-state index is 0.00716. The molecule has 3 aromatic rings. The minimum Gasteiger partial charge on any atom is -0.385 e. The maximum atomic E-state index is 13.3. The van der Waals surface area contributed by atoms with E-state index in [0.717, 1.165) is 22.6 Å². The number of benzene rings is 2. The third-order valence-corrected chi connectivity index (χ3v) is 9.64. The van der Waals surface area contributed by atoms with E-state index in [-0.39, 0.29) is 11.4 Å². The van der Waals surface area contributed by atoms with E-state index >= 15 is 0 Å². The maximum absolute atomic E-state index is 13.3. The van der Waals surface area contributed by atoms with Gasteiger partial charge in [0.15, 0.2) is 5.01 Å². The number of thiazole rings is 1. The lowest BCUT2D eigenvalue weighted by atomic mass is 9.85. The number of aromatic nitrogens is 1. The number of amides is 1. The summed E-state index contributed by atoms with van der Waals surface area (Å²) in [4.78, 5) is 20.5. The summed E-state index contributed by atoms with van der Waals surface area (Å²) in [6.45, 7) is 10.6. The summed E-state index contributed by atoms with van der Waals surface area (Å²) in [7, 11) is 0. The van der Waals surface area contributed by atoms with Crippen molar-refractivity contribution in [2.75, 3.05) is 6.54 Å². The first-order valence-corrected chi connectivity index (χ1v) is 15.4. The zero-order valence-corrected chi connectivity index (χ0v) is 25.4. The lowest BCUT2D eigenvalue weighted by Gasteiger charge is -2.23. The number of fused-ring (bicyclic) bond motifs is 1. The summed E-state index contributed by atoms with van der Waals surface area (Å²) in [5, 5.41) is 9.47.